The smallest absolute Gasteiger partial charge is 0.250 e. The van der Waals surface area contributed by atoms with E-state index < -0.39 is 8.32 Å². The minimum Gasteiger partial charge on any atom is -0.541 e. The van der Waals surface area contributed by atoms with Gasteiger partial charge >= 0.3 is 0 Å². The highest BCUT2D eigenvalue weighted by atomic mass is 28.4. The Balaban J connectivity index is 2.87. The summed E-state index contributed by atoms with van der Waals surface area (Å²) in [6.07, 6.45) is 1.51. The van der Waals surface area contributed by atoms with Crippen LogP contribution in [0, 0.1) is 0 Å². The summed E-state index contributed by atoms with van der Waals surface area (Å²) in [5, 5.41) is 0.156. The van der Waals surface area contributed by atoms with E-state index in [4.69, 9.17) is 4.43 Å². The van der Waals surface area contributed by atoms with Gasteiger partial charge < -0.3 is 4.43 Å². The average molecular weight is 226 g/mol. The number of Topliss-reactive ketones (excluding diaryl/α,β-unsaturated/α-hetero) is 1. The molecular formula is C12H22O2Si. The van der Waals surface area contributed by atoms with E-state index in [1.54, 1.807) is 0 Å². The van der Waals surface area contributed by atoms with Crippen molar-refractivity contribution in [3.05, 3.63) is 11.3 Å². The zero-order valence-electron chi connectivity index (χ0n) is 10.7. The van der Waals surface area contributed by atoms with E-state index in [1.165, 1.54) is 0 Å². The molecule has 0 aliphatic heterocycles. The van der Waals surface area contributed by atoms with Crippen molar-refractivity contribution in [2.75, 3.05) is 0 Å². The Kier molecular flexibility index (Phi) is 3.15. The maximum absolute atomic E-state index is 11.6. The SMILES string of the molecule is CC1=C(O[Si](C)(C)C(C)(C)C)C(=O)CC1. The fourth-order valence-electron chi connectivity index (χ4n) is 1.32. The Bertz CT molecular complexity index is 308. The lowest BCUT2D eigenvalue weighted by atomic mass is 10.2. The Morgan fingerprint density at radius 1 is 1.20 bits per heavy atom. The lowest BCUT2D eigenvalue weighted by molar-refractivity contribution is -0.116. The molecule has 0 saturated heterocycles. The van der Waals surface area contributed by atoms with Crippen LogP contribution in [-0.4, -0.2) is 14.1 Å². The maximum Gasteiger partial charge on any atom is 0.250 e. The van der Waals surface area contributed by atoms with Crippen LogP contribution >= 0.6 is 0 Å². The van der Waals surface area contributed by atoms with Crippen molar-refractivity contribution < 1.29 is 9.22 Å². The predicted octanol–water partition coefficient (Wildman–Crippen LogP) is 3.65. The monoisotopic (exact) mass is 226 g/mol. The van der Waals surface area contributed by atoms with Gasteiger partial charge in [-0.15, -0.1) is 0 Å². The van der Waals surface area contributed by atoms with Crippen molar-refractivity contribution >= 4 is 14.1 Å². The molecule has 15 heavy (non-hydrogen) atoms. The van der Waals surface area contributed by atoms with Crippen molar-refractivity contribution in [3.63, 3.8) is 0 Å². The molecule has 0 saturated carbocycles. The second-order valence-corrected chi connectivity index (χ2v) is 10.6. The van der Waals surface area contributed by atoms with Gasteiger partial charge in [0.25, 0.3) is 8.32 Å². The molecule has 0 unspecified atom stereocenters. The van der Waals surface area contributed by atoms with Gasteiger partial charge in [0.15, 0.2) is 5.78 Å². The van der Waals surface area contributed by atoms with E-state index in [1.807, 2.05) is 6.92 Å². The molecule has 1 rings (SSSR count). The molecule has 0 fully saturated rings. The zero-order valence-corrected chi connectivity index (χ0v) is 11.7. The van der Waals surface area contributed by atoms with Gasteiger partial charge in [-0.3, -0.25) is 4.79 Å². The van der Waals surface area contributed by atoms with Crippen LogP contribution in [0.5, 0.6) is 0 Å². The Morgan fingerprint density at radius 2 is 1.73 bits per heavy atom. The lowest BCUT2D eigenvalue weighted by Gasteiger charge is -2.36. The summed E-state index contributed by atoms with van der Waals surface area (Å²) in [4.78, 5) is 11.6. The van der Waals surface area contributed by atoms with Crippen molar-refractivity contribution in [1.29, 1.82) is 0 Å². The van der Waals surface area contributed by atoms with Crippen molar-refractivity contribution in [3.8, 4) is 0 Å². The molecule has 0 amide bonds. The van der Waals surface area contributed by atoms with Crippen LogP contribution in [0.15, 0.2) is 11.3 Å². The molecule has 1 aliphatic rings. The van der Waals surface area contributed by atoms with Gasteiger partial charge in [0, 0.05) is 6.42 Å². The minimum atomic E-state index is -1.83. The first-order valence-corrected chi connectivity index (χ1v) is 8.48. The molecule has 0 heterocycles. The van der Waals surface area contributed by atoms with Crippen LogP contribution in [-0.2, 0) is 9.22 Å². The Hall–Kier alpha value is -0.573. The molecule has 0 aromatic carbocycles. The van der Waals surface area contributed by atoms with Crippen LogP contribution in [0.1, 0.15) is 40.5 Å². The number of ketones is 1. The van der Waals surface area contributed by atoms with E-state index in [-0.39, 0.29) is 10.8 Å². The summed E-state index contributed by atoms with van der Waals surface area (Å²) >= 11 is 0. The van der Waals surface area contributed by atoms with Crippen LogP contribution < -0.4 is 0 Å². The van der Waals surface area contributed by atoms with Crippen LogP contribution in [0.4, 0.5) is 0 Å². The summed E-state index contributed by atoms with van der Waals surface area (Å²) in [5.74, 6) is 0.860. The van der Waals surface area contributed by atoms with E-state index in [9.17, 15) is 4.79 Å². The van der Waals surface area contributed by atoms with Gasteiger partial charge in [-0.1, -0.05) is 20.8 Å². The third-order valence-corrected chi connectivity index (χ3v) is 7.86. The van der Waals surface area contributed by atoms with Gasteiger partial charge in [0.1, 0.15) is 5.76 Å². The van der Waals surface area contributed by atoms with E-state index in [0.29, 0.717) is 12.2 Å². The van der Waals surface area contributed by atoms with E-state index >= 15 is 0 Å². The molecule has 0 spiro atoms. The second-order valence-electron chi connectivity index (χ2n) is 5.90. The first-order valence-electron chi connectivity index (χ1n) is 5.57. The number of hydrogen-bond donors (Lipinski definition) is 0. The van der Waals surface area contributed by atoms with Crippen molar-refractivity contribution in [2.45, 2.75) is 58.7 Å². The number of rotatable bonds is 2. The number of carbonyl (C=O) groups is 1. The molecule has 0 atom stereocenters. The highest BCUT2D eigenvalue weighted by Crippen LogP contribution is 2.39. The molecule has 2 nitrogen and oxygen atoms in total. The fraction of sp³-hybridized carbons (Fsp3) is 0.750. The summed E-state index contributed by atoms with van der Waals surface area (Å²) in [6.45, 7) is 12.9. The van der Waals surface area contributed by atoms with Crippen molar-refractivity contribution in [2.24, 2.45) is 0 Å². The van der Waals surface area contributed by atoms with E-state index in [0.717, 1.165) is 12.0 Å². The quantitative estimate of drug-likeness (QED) is 0.672. The molecule has 0 bridgehead atoms. The summed E-state index contributed by atoms with van der Waals surface area (Å²) in [5.41, 5.74) is 1.13. The van der Waals surface area contributed by atoms with Gasteiger partial charge in [-0.25, -0.2) is 0 Å². The van der Waals surface area contributed by atoms with Gasteiger partial charge in [-0.05, 0) is 37.0 Å². The largest absolute Gasteiger partial charge is 0.541 e. The minimum absolute atomic E-state index is 0.156. The summed E-state index contributed by atoms with van der Waals surface area (Å²) in [6, 6.07) is 0. The number of hydrogen-bond acceptors (Lipinski definition) is 2. The standard InChI is InChI=1S/C12H22O2Si/c1-9-7-8-10(13)11(9)14-15(5,6)12(2,3)4/h7-8H2,1-6H3. The Morgan fingerprint density at radius 3 is 2.07 bits per heavy atom. The fourth-order valence-corrected chi connectivity index (χ4v) is 2.42. The molecule has 3 heteroatoms. The van der Waals surface area contributed by atoms with Crippen LogP contribution in [0.3, 0.4) is 0 Å². The lowest BCUT2D eigenvalue weighted by Crippen LogP contribution is -2.41. The third kappa shape index (κ3) is 2.51. The third-order valence-electron chi connectivity index (χ3n) is 3.53. The maximum atomic E-state index is 11.6. The molecule has 86 valence electrons. The molecule has 1 aliphatic carbocycles. The van der Waals surface area contributed by atoms with E-state index in [2.05, 4.69) is 33.9 Å². The molecular weight excluding hydrogens is 204 g/mol. The molecule has 0 aromatic heterocycles. The Labute approximate surface area is 93.8 Å². The van der Waals surface area contributed by atoms with Gasteiger partial charge in [-0.2, -0.15) is 0 Å². The van der Waals surface area contributed by atoms with Crippen molar-refractivity contribution in [1.82, 2.24) is 0 Å². The normalized spacial score (nSPS) is 18.7. The second kappa shape index (κ2) is 3.78. The highest BCUT2D eigenvalue weighted by Gasteiger charge is 2.41. The highest BCUT2D eigenvalue weighted by molar-refractivity contribution is 6.74. The topological polar surface area (TPSA) is 26.3 Å². The number of carbonyl (C=O) groups excluding carboxylic acids is 1. The molecule has 0 N–H and O–H groups in total. The first kappa shape index (κ1) is 12.5. The molecule has 0 radical (unpaired) electrons. The van der Waals surface area contributed by atoms with Crippen LogP contribution in [0.2, 0.25) is 18.1 Å². The predicted molar refractivity (Wildman–Crippen MR) is 65.2 cm³/mol. The van der Waals surface area contributed by atoms with Crippen LogP contribution in [0.25, 0.3) is 0 Å². The first-order chi connectivity index (χ1) is 6.65. The number of allylic oxidation sites excluding steroid dienone is 2. The van der Waals surface area contributed by atoms with Gasteiger partial charge in [0.2, 0.25) is 0 Å². The zero-order chi connectivity index (χ0) is 11.9. The molecule has 0 aromatic rings. The average Bonchev–Trinajstić information content (AvgIpc) is 2.33. The summed E-state index contributed by atoms with van der Waals surface area (Å²) in [7, 11) is -1.83. The van der Waals surface area contributed by atoms with Gasteiger partial charge in [0.05, 0.1) is 0 Å². The summed E-state index contributed by atoms with van der Waals surface area (Å²) < 4.78 is 6.06.